The maximum Gasteiger partial charge on any atom is 0.222 e. The average Bonchev–Trinajstić information content (AvgIpc) is 2.33. The molecule has 2 aromatic rings. The van der Waals surface area contributed by atoms with Crippen LogP contribution in [0, 0.1) is 0 Å². The van der Waals surface area contributed by atoms with E-state index >= 15 is 0 Å². The standard InChI is InChI=1S/C12H14N4S/c1-2-17-10-9(8-6-4-3-5-7-8)15-12(14)16-11(10)13/h3-7H,2H2,1H3,(H4,13,14,15,16). The fourth-order valence-corrected chi connectivity index (χ4v) is 2.35. The lowest BCUT2D eigenvalue weighted by atomic mass is 10.1. The second kappa shape index (κ2) is 5.05. The summed E-state index contributed by atoms with van der Waals surface area (Å²) in [5, 5.41) is 0. The summed E-state index contributed by atoms with van der Waals surface area (Å²) < 4.78 is 0. The molecule has 0 amide bonds. The van der Waals surface area contributed by atoms with E-state index < -0.39 is 0 Å². The first-order valence-corrected chi connectivity index (χ1v) is 6.32. The summed E-state index contributed by atoms with van der Waals surface area (Å²) in [4.78, 5) is 9.19. The number of nitrogens with two attached hydrogens (primary N) is 2. The topological polar surface area (TPSA) is 77.8 Å². The molecule has 1 aromatic carbocycles. The molecule has 0 radical (unpaired) electrons. The van der Waals surface area contributed by atoms with E-state index in [4.69, 9.17) is 11.5 Å². The lowest BCUT2D eigenvalue weighted by Gasteiger charge is -2.10. The van der Waals surface area contributed by atoms with Crippen LogP contribution in [0.3, 0.4) is 0 Å². The van der Waals surface area contributed by atoms with Crippen molar-refractivity contribution < 1.29 is 0 Å². The molecule has 0 bridgehead atoms. The third-order valence-corrected chi connectivity index (χ3v) is 3.22. The van der Waals surface area contributed by atoms with E-state index in [1.54, 1.807) is 11.8 Å². The van der Waals surface area contributed by atoms with E-state index in [0.29, 0.717) is 5.82 Å². The third kappa shape index (κ3) is 2.50. The van der Waals surface area contributed by atoms with Gasteiger partial charge in [-0.25, -0.2) is 4.98 Å². The zero-order valence-electron chi connectivity index (χ0n) is 9.55. The molecule has 2 rings (SSSR count). The highest BCUT2D eigenvalue weighted by atomic mass is 32.2. The summed E-state index contributed by atoms with van der Waals surface area (Å²) in [6, 6.07) is 9.86. The quantitative estimate of drug-likeness (QED) is 0.813. The van der Waals surface area contributed by atoms with E-state index in [9.17, 15) is 0 Å². The molecule has 17 heavy (non-hydrogen) atoms. The molecule has 5 heteroatoms. The molecule has 0 atom stereocenters. The molecule has 4 nitrogen and oxygen atoms in total. The predicted octanol–water partition coefficient (Wildman–Crippen LogP) is 2.42. The SMILES string of the molecule is CCSc1c(N)nc(N)nc1-c1ccccc1. The van der Waals surface area contributed by atoms with Crippen molar-refractivity contribution in [1.82, 2.24) is 9.97 Å². The Balaban J connectivity index is 2.59. The number of rotatable bonds is 3. The lowest BCUT2D eigenvalue weighted by Crippen LogP contribution is -2.04. The number of benzene rings is 1. The first-order chi connectivity index (χ1) is 8.22. The van der Waals surface area contributed by atoms with Gasteiger partial charge < -0.3 is 11.5 Å². The van der Waals surface area contributed by atoms with Crippen LogP contribution in [0.2, 0.25) is 0 Å². The summed E-state index contributed by atoms with van der Waals surface area (Å²) in [5.41, 5.74) is 13.4. The van der Waals surface area contributed by atoms with E-state index in [0.717, 1.165) is 21.9 Å². The molecule has 0 aliphatic heterocycles. The molecule has 0 unspecified atom stereocenters. The molecule has 0 saturated heterocycles. The highest BCUT2D eigenvalue weighted by Crippen LogP contribution is 2.33. The first kappa shape index (κ1) is 11.7. The van der Waals surface area contributed by atoms with Gasteiger partial charge in [-0.2, -0.15) is 4.98 Å². The zero-order valence-corrected chi connectivity index (χ0v) is 10.4. The van der Waals surface area contributed by atoms with E-state index in [1.807, 2.05) is 30.3 Å². The summed E-state index contributed by atoms with van der Waals surface area (Å²) >= 11 is 1.63. The molecule has 0 fully saturated rings. The molecule has 0 aliphatic carbocycles. The summed E-state index contributed by atoms with van der Waals surface area (Å²) in [6.45, 7) is 2.06. The average molecular weight is 246 g/mol. The Kier molecular flexibility index (Phi) is 3.49. The molecular formula is C12H14N4S. The summed E-state index contributed by atoms with van der Waals surface area (Å²) in [6.07, 6.45) is 0. The van der Waals surface area contributed by atoms with Crippen LogP contribution in [0.15, 0.2) is 35.2 Å². The minimum absolute atomic E-state index is 0.210. The summed E-state index contributed by atoms with van der Waals surface area (Å²) in [5.74, 6) is 1.57. The first-order valence-electron chi connectivity index (χ1n) is 5.33. The van der Waals surface area contributed by atoms with Gasteiger partial charge in [-0.15, -0.1) is 11.8 Å². The van der Waals surface area contributed by atoms with E-state index in [1.165, 1.54) is 0 Å². The van der Waals surface area contributed by atoms with Crippen molar-refractivity contribution in [1.29, 1.82) is 0 Å². The number of hydrogen-bond donors (Lipinski definition) is 2. The van der Waals surface area contributed by atoms with Gasteiger partial charge in [-0.05, 0) is 5.75 Å². The van der Waals surface area contributed by atoms with Crippen LogP contribution in [-0.4, -0.2) is 15.7 Å². The molecule has 1 heterocycles. The number of aromatic nitrogens is 2. The van der Waals surface area contributed by atoms with Gasteiger partial charge in [0.25, 0.3) is 0 Å². The van der Waals surface area contributed by atoms with Crippen LogP contribution >= 0.6 is 11.8 Å². The van der Waals surface area contributed by atoms with Crippen molar-refractivity contribution in [2.24, 2.45) is 0 Å². The minimum Gasteiger partial charge on any atom is -0.383 e. The maximum absolute atomic E-state index is 5.89. The van der Waals surface area contributed by atoms with Gasteiger partial charge in [-0.1, -0.05) is 37.3 Å². The largest absolute Gasteiger partial charge is 0.383 e. The second-order valence-electron chi connectivity index (χ2n) is 3.44. The van der Waals surface area contributed by atoms with Gasteiger partial charge >= 0.3 is 0 Å². The molecule has 4 N–H and O–H groups in total. The van der Waals surface area contributed by atoms with Crippen LogP contribution in [0.25, 0.3) is 11.3 Å². The van der Waals surface area contributed by atoms with E-state index in [2.05, 4.69) is 16.9 Å². The van der Waals surface area contributed by atoms with Gasteiger partial charge in [0.15, 0.2) is 0 Å². The monoisotopic (exact) mass is 246 g/mol. The highest BCUT2D eigenvalue weighted by molar-refractivity contribution is 7.99. The van der Waals surface area contributed by atoms with E-state index in [-0.39, 0.29) is 5.95 Å². The smallest absolute Gasteiger partial charge is 0.222 e. The highest BCUT2D eigenvalue weighted by Gasteiger charge is 2.12. The maximum atomic E-state index is 5.89. The van der Waals surface area contributed by atoms with Crippen LogP contribution in [0.4, 0.5) is 11.8 Å². The number of thioether (sulfide) groups is 1. The predicted molar refractivity (Wildman–Crippen MR) is 72.7 cm³/mol. The van der Waals surface area contributed by atoms with Crippen molar-refractivity contribution in [3.8, 4) is 11.3 Å². The Morgan fingerprint density at radius 3 is 2.47 bits per heavy atom. The third-order valence-electron chi connectivity index (χ3n) is 2.24. The zero-order chi connectivity index (χ0) is 12.3. The fraction of sp³-hybridized carbons (Fsp3) is 0.167. The van der Waals surface area contributed by atoms with Gasteiger partial charge in [0.1, 0.15) is 5.82 Å². The van der Waals surface area contributed by atoms with Crippen LogP contribution in [0.1, 0.15) is 6.92 Å². The Bertz CT molecular complexity index is 513. The van der Waals surface area contributed by atoms with Gasteiger partial charge in [-0.3, -0.25) is 0 Å². The Labute approximate surface area is 104 Å². The van der Waals surface area contributed by atoms with Crippen molar-refractivity contribution in [3.05, 3.63) is 30.3 Å². The van der Waals surface area contributed by atoms with Gasteiger partial charge in [0.05, 0.1) is 10.6 Å². The van der Waals surface area contributed by atoms with Crippen molar-refractivity contribution in [2.75, 3.05) is 17.2 Å². The van der Waals surface area contributed by atoms with Crippen molar-refractivity contribution >= 4 is 23.5 Å². The number of anilines is 2. The minimum atomic E-state index is 0.210. The normalized spacial score (nSPS) is 10.4. The summed E-state index contributed by atoms with van der Waals surface area (Å²) in [7, 11) is 0. The molecule has 88 valence electrons. The molecule has 0 spiro atoms. The Morgan fingerprint density at radius 1 is 1.12 bits per heavy atom. The second-order valence-corrected chi connectivity index (χ2v) is 4.72. The van der Waals surface area contributed by atoms with Gasteiger partial charge in [0, 0.05) is 5.56 Å². The lowest BCUT2D eigenvalue weighted by molar-refractivity contribution is 1.13. The molecule has 0 saturated carbocycles. The molecule has 0 aliphatic rings. The fourth-order valence-electron chi connectivity index (χ4n) is 1.56. The van der Waals surface area contributed by atoms with Crippen molar-refractivity contribution in [3.63, 3.8) is 0 Å². The number of nitrogen functional groups attached to an aromatic ring is 2. The Hall–Kier alpha value is -1.75. The van der Waals surface area contributed by atoms with Crippen LogP contribution < -0.4 is 11.5 Å². The number of hydrogen-bond acceptors (Lipinski definition) is 5. The number of nitrogens with zero attached hydrogens (tertiary/aromatic N) is 2. The molecular weight excluding hydrogens is 232 g/mol. The van der Waals surface area contributed by atoms with Crippen LogP contribution in [0.5, 0.6) is 0 Å². The van der Waals surface area contributed by atoms with Crippen molar-refractivity contribution in [2.45, 2.75) is 11.8 Å². The Morgan fingerprint density at radius 2 is 1.82 bits per heavy atom. The van der Waals surface area contributed by atoms with Gasteiger partial charge in [0.2, 0.25) is 5.95 Å². The molecule has 1 aromatic heterocycles. The van der Waals surface area contributed by atoms with Crippen LogP contribution in [-0.2, 0) is 0 Å².